The number of rotatable bonds is 3. The molecule has 0 aliphatic rings. The molecule has 66 valence electrons. The normalized spacial score (nSPS) is 31.2. The van der Waals surface area contributed by atoms with Crippen molar-refractivity contribution in [2.45, 2.75) is 0 Å². The van der Waals surface area contributed by atoms with Crippen molar-refractivity contribution in [2.75, 3.05) is 41.0 Å². The van der Waals surface area contributed by atoms with Crippen LogP contribution in [0, 0.1) is 0 Å². The SMILES string of the molecule is CNC.Cl.[2H]N([2H])C([2H])([2H])C([2H])([2H])N(C([2H])([2H])[2H])C([2H])([2H])[2H]. The summed E-state index contributed by atoms with van der Waals surface area (Å²) in [5.74, 6) is 0. The van der Waals surface area contributed by atoms with E-state index in [0.717, 1.165) is 0 Å². The molecule has 0 rings (SSSR count). The Kier molecular flexibility index (Phi) is 3.74. The van der Waals surface area contributed by atoms with Crippen LogP contribution in [-0.2, 0) is 0 Å². The van der Waals surface area contributed by atoms with Crippen LogP contribution in [0.1, 0.15) is 13.7 Å². The minimum atomic E-state index is -3.60. The lowest BCUT2D eigenvalue weighted by Gasteiger charge is -2.03. The fraction of sp³-hybridized carbons (Fsp3) is 1.00. The molecule has 0 bridgehead atoms. The van der Waals surface area contributed by atoms with E-state index in [1.165, 1.54) is 0 Å². The third-order valence-electron chi connectivity index (χ3n) is 0.162. The van der Waals surface area contributed by atoms with Crippen LogP contribution in [0.2, 0.25) is 2.82 Å². The summed E-state index contributed by atoms with van der Waals surface area (Å²) in [5.41, 5.74) is -0.711. The molecule has 0 aliphatic carbocycles. The number of likely N-dealkylation sites (N-methyl/N-ethyl adjacent to an activating group) is 1. The Hall–Kier alpha value is 0.170. The van der Waals surface area contributed by atoms with E-state index < -0.39 is 37.6 Å². The number of hydrogen-bond donors (Lipinski definition) is 2. The standard InChI is InChI=1S/C4H12N2.C2H7N.ClH/c1-6(2)4-3-5;1-3-2;/h3-5H2,1-2H3;3H,1-2H3;1H/i1D3,2D3,3D2,4D2;;/hD2. The van der Waals surface area contributed by atoms with Gasteiger partial charge in [0.15, 0.2) is 0 Å². The predicted octanol–water partition coefficient (Wildman–Crippen LogP) is -0.236. The number of nitrogens with two attached hydrogens (primary N) is 1. The second-order valence-corrected chi connectivity index (χ2v) is 1.06. The van der Waals surface area contributed by atoms with Crippen LogP contribution in [0.25, 0.3) is 0 Å². The Morgan fingerprint density at radius 2 is 2.20 bits per heavy atom. The van der Waals surface area contributed by atoms with Gasteiger partial charge in [-0.15, -0.1) is 12.4 Å². The van der Waals surface area contributed by atoms with Crippen LogP contribution in [0.5, 0.6) is 0 Å². The van der Waals surface area contributed by atoms with Crippen LogP contribution in [0.4, 0.5) is 0 Å². The largest absolute Gasteiger partial charge is 0.329 e. The molecule has 0 spiro atoms. The van der Waals surface area contributed by atoms with Crippen molar-refractivity contribution in [3.63, 3.8) is 0 Å². The van der Waals surface area contributed by atoms with Crippen LogP contribution in [0.3, 0.4) is 0 Å². The summed E-state index contributed by atoms with van der Waals surface area (Å²) < 4.78 is 84.3. The van der Waals surface area contributed by atoms with Crippen molar-refractivity contribution in [1.29, 1.82) is 0 Å². The summed E-state index contributed by atoms with van der Waals surface area (Å²) in [5, 5.41) is 2.75. The first-order valence-corrected chi connectivity index (χ1v) is 2.14. The highest BCUT2D eigenvalue weighted by molar-refractivity contribution is 5.85. The monoisotopic (exact) mass is 181 g/mol. The highest BCUT2D eigenvalue weighted by Gasteiger charge is 1.79. The molecule has 0 radical (unpaired) electrons. The molecule has 10 heavy (non-hydrogen) atoms. The topological polar surface area (TPSA) is 41.3 Å². The highest BCUT2D eigenvalue weighted by atomic mass is 35.5. The van der Waals surface area contributed by atoms with Gasteiger partial charge in [-0.05, 0) is 28.0 Å². The van der Waals surface area contributed by atoms with E-state index in [1.807, 2.05) is 14.1 Å². The molecule has 0 aromatic heterocycles. The maximum absolute atomic E-state index is 7.34. The lowest BCUT2D eigenvalue weighted by molar-refractivity contribution is 0.420. The zero-order valence-corrected chi connectivity index (χ0v) is 6.62. The van der Waals surface area contributed by atoms with Gasteiger partial charge >= 0.3 is 0 Å². The van der Waals surface area contributed by atoms with Crippen LogP contribution >= 0.6 is 12.4 Å². The molecule has 0 unspecified atom stereocenters. The minimum absolute atomic E-state index is 0. The Bertz CT molecular complexity index is 299. The van der Waals surface area contributed by atoms with Crippen molar-refractivity contribution in [3.05, 3.63) is 0 Å². The summed E-state index contributed by atoms with van der Waals surface area (Å²) >= 11 is 0. The first-order valence-electron chi connectivity index (χ1n) is 8.04. The molecule has 0 fully saturated rings. The van der Waals surface area contributed by atoms with E-state index in [2.05, 4.69) is 5.32 Å². The van der Waals surface area contributed by atoms with Gasteiger partial charge in [-0.1, -0.05) is 0 Å². The first-order chi connectivity index (χ1) is 8.97. The van der Waals surface area contributed by atoms with Gasteiger partial charge in [-0.25, -0.2) is 0 Å². The fourth-order valence-corrected chi connectivity index (χ4v) is 0.0500. The Labute approximate surface area is 87.3 Å². The first kappa shape index (κ1) is 2.33. The Morgan fingerprint density at radius 3 is 2.50 bits per heavy atom. The smallest absolute Gasteiger partial charge is 0.118 e. The van der Waals surface area contributed by atoms with Crippen molar-refractivity contribution in [1.82, 2.24) is 10.2 Å². The molecule has 0 aromatic carbocycles. The fourth-order valence-electron chi connectivity index (χ4n) is 0.0500. The lowest BCUT2D eigenvalue weighted by atomic mass is 10.6. The molecule has 3 N–H and O–H groups in total. The number of hydrogen-bond acceptors (Lipinski definition) is 3. The molecule has 4 heteroatoms. The molecular formula is C6H20ClN3. The molecule has 0 atom stereocenters. The van der Waals surface area contributed by atoms with Gasteiger partial charge < -0.3 is 15.9 Å². The molecular weight excluding hydrogens is 150 g/mol. The third-order valence-corrected chi connectivity index (χ3v) is 0.162. The summed E-state index contributed by atoms with van der Waals surface area (Å²) in [7, 11) is 3.75. The maximum atomic E-state index is 7.34. The Balaban J connectivity index is -0.000000827. The summed E-state index contributed by atoms with van der Waals surface area (Å²) in [6, 6.07) is 0. The van der Waals surface area contributed by atoms with E-state index in [9.17, 15) is 0 Å². The van der Waals surface area contributed by atoms with Gasteiger partial charge in [0.2, 0.25) is 0 Å². The summed E-state index contributed by atoms with van der Waals surface area (Å²) in [6.07, 6.45) is 0. The Morgan fingerprint density at radius 1 is 1.70 bits per heavy atom. The third kappa shape index (κ3) is 41.8. The lowest BCUT2D eigenvalue weighted by Crippen LogP contribution is -2.20. The van der Waals surface area contributed by atoms with Crippen LogP contribution in [0.15, 0.2) is 0 Å². The van der Waals surface area contributed by atoms with Crippen molar-refractivity contribution < 1.29 is 16.5 Å². The predicted molar refractivity (Wildman–Crippen MR) is 49.8 cm³/mol. The average Bonchev–Trinajstić information content (AvgIpc) is 2.11. The van der Waals surface area contributed by atoms with Crippen molar-refractivity contribution in [3.8, 4) is 0 Å². The number of halogens is 1. The van der Waals surface area contributed by atoms with E-state index in [1.54, 1.807) is 0 Å². The molecule has 0 aliphatic heterocycles. The van der Waals surface area contributed by atoms with Crippen LogP contribution < -0.4 is 11.0 Å². The van der Waals surface area contributed by atoms with Gasteiger partial charge in [0.1, 0.15) is 2.82 Å². The van der Waals surface area contributed by atoms with Crippen LogP contribution in [-0.4, -0.2) is 45.9 Å². The zero-order valence-electron chi connectivity index (χ0n) is 17.8. The van der Waals surface area contributed by atoms with E-state index in [0.29, 0.717) is 0 Å². The van der Waals surface area contributed by atoms with Gasteiger partial charge in [-0.2, -0.15) is 0 Å². The van der Waals surface area contributed by atoms with E-state index in [4.69, 9.17) is 16.5 Å². The van der Waals surface area contributed by atoms with Gasteiger partial charge in [-0.3, -0.25) is 0 Å². The van der Waals surface area contributed by atoms with Gasteiger partial charge in [0.25, 0.3) is 0 Å². The van der Waals surface area contributed by atoms with E-state index in [-0.39, 0.29) is 12.4 Å². The zero-order chi connectivity index (χ0) is 17.9. The minimum Gasteiger partial charge on any atom is -0.329 e. The second-order valence-electron chi connectivity index (χ2n) is 1.06. The molecule has 0 saturated carbocycles. The summed E-state index contributed by atoms with van der Waals surface area (Å²) in [4.78, 5) is -0.636. The molecule has 3 nitrogen and oxygen atoms in total. The van der Waals surface area contributed by atoms with Crippen molar-refractivity contribution in [2.24, 2.45) is 5.72 Å². The van der Waals surface area contributed by atoms with E-state index >= 15 is 0 Å². The number of nitrogens with zero attached hydrogens (tertiary/aromatic N) is 1. The molecule has 0 amide bonds. The summed E-state index contributed by atoms with van der Waals surface area (Å²) in [6.45, 7) is -14.0. The second kappa shape index (κ2) is 16.1. The van der Waals surface area contributed by atoms with Crippen molar-refractivity contribution >= 4 is 12.4 Å². The molecule has 0 saturated heterocycles. The highest BCUT2D eigenvalue weighted by Crippen LogP contribution is 1.64. The van der Waals surface area contributed by atoms with Gasteiger partial charge in [0.05, 0.1) is 0 Å². The maximum Gasteiger partial charge on any atom is 0.118 e. The van der Waals surface area contributed by atoms with Gasteiger partial charge in [0, 0.05) is 26.7 Å². The molecule has 0 heterocycles. The average molecular weight is 182 g/mol. The molecule has 0 aromatic rings. The number of nitrogens with one attached hydrogen (secondary N) is 1. The quantitative estimate of drug-likeness (QED) is 0.632.